The zero-order valence-corrected chi connectivity index (χ0v) is 11.2. The van der Waals surface area contributed by atoms with Crippen molar-refractivity contribution in [2.75, 3.05) is 18.4 Å². The molecule has 0 atom stereocenters. The van der Waals surface area contributed by atoms with E-state index in [0.29, 0.717) is 10.6 Å². The summed E-state index contributed by atoms with van der Waals surface area (Å²) < 4.78 is 1.66. The minimum atomic E-state index is -0.578. The molecule has 0 spiro atoms. The second kappa shape index (κ2) is 5.02. The monoisotopic (exact) mass is 292 g/mol. The number of hydrogen-bond donors (Lipinski definition) is 3. The number of nitrogens with one attached hydrogen (secondary N) is 2. The van der Waals surface area contributed by atoms with Gasteiger partial charge in [-0.2, -0.15) is 0 Å². The Hall–Kier alpha value is -2.26. The van der Waals surface area contributed by atoms with Gasteiger partial charge in [-0.25, -0.2) is 4.68 Å². The van der Waals surface area contributed by atoms with Crippen molar-refractivity contribution in [3.8, 4) is 0 Å². The summed E-state index contributed by atoms with van der Waals surface area (Å²) in [5, 5.41) is 15.6. The Labute approximate surface area is 118 Å². The first-order valence-electron chi connectivity index (χ1n) is 5.96. The first-order chi connectivity index (χ1) is 9.65. The van der Waals surface area contributed by atoms with Crippen LogP contribution in [0.1, 0.15) is 26.9 Å². The van der Waals surface area contributed by atoms with Crippen LogP contribution in [-0.4, -0.2) is 39.9 Å². The van der Waals surface area contributed by atoms with Gasteiger partial charge in [-0.15, -0.1) is 16.4 Å². The summed E-state index contributed by atoms with van der Waals surface area (Å²) in [6.45, 7) is 1.64. The van der Waals surface area contributed by atoms with Gasteiger partial charge in [0.25, 0.3) is 11.8 Å². The number of primary amides is 1. The van der Waals surface area contributed by atoms with Crippen molar-refractivity contribution in [1.82, 2.24) is 20.3 Å². The highest BCUT2D eigenvalue weighted by Gasteiger charge is 2.22. The number of amides is 2. The molecule has 3 heterocycles. The third kappa shape index (κ3) is 2.28. The summed E-state index contributed by atoms with van der Waals surface area (Å²) in [6.07, 6.45) is 1.60. The Morgan fingerprint density at radius 2 is 2.30 bits per heavy atom. The van der Waals surface area contributed by atoms with Crippen LogP contribution in [0.25, 0.3) is 0 Å². The molecule has 2 aromatic rings. The molecule has 8 nitrogen and oxygen atoms in total. The molecule has 104 valence electrons. The number of nitrogens with two attached hydrogens (primary N) is 1. The predicted octanol–water partition coefficient (Wildman–Crippen LogP) is -0.165. The molecule has 0 bridgehead atoms. The Morgan fingerprint density at radius 3 is 2.95 bits per heavy atom. The van der Waals surface area contributed by atoms with Crippen molar-refractivity contribution in [2.45, 2.75) is 6.04 Å². The van der Waals surface area contributed by atoms with Crippen molar-refractivity contribution >= 4 is 28.2 Å². The highest BCUT2D eigenvalue weighted by atomic mass is 32.1. The average Bonchev–Trinajstić information content (AvgIpc) is 2.95. The zero-order chi connectivity index (χ0) is 14.1. The lowest BCUT2D eigenvalue weighted by molar-refractivity contribution is 0.100. The fraction of sp³-hybridized carbons (Fsp3) is 0.273. The van der Waals surface area contributed by atoms with Crippen LogP contribution in [0.3, 0.4) is 0 Å². The summed E-state index contributed by atoms with van der Waals surface area (Å²) in [4.78, 5) is 23.2. The summed E-state index contributed by atoms with van der Waals surface area (Å²) in [5.74, 6) is -0.987. The maximum absolute atomic E-state index is 12.0. The third-order valence-electron chi connectivity index (χ3n) is 3.03. The predicted molar refractivity (Wildman–Crippen MR) is 72.7 cm³/mol. The van der Waals surface area contributed by atoms with E-state index < -0.39 is 11.8 Å². The van der Waals surface area contributed by atoms with E-state index in [9.17, 15) is 9.59 Å². The number of carbonyl (C=O) groups is 2. The van der Waals surface area contributed by atoms with Crippen LogP contribution in [0.4, 0.5) is 5.00 Å². The minimum absolute atomic E-state index is 0.209. The van der Waals surface area contributed by atoms with E-state index >= 15 is 0 Å². The van der Waals surface area contributed by atoms with Crippen molar-refractivity contribution < 1.29 is 9.59 Å². The number of rotatable bonds is 4. The molecule has 4 N–H and O–H groups in total. The van der Waals surface area contributed by atoms with Crippen LogP contribution in [0.15, 0.2) is 17.6 Å². The topological polar surface area (TPSA) is 115 Å². The SMILES string of the molecule is NC(=O)c1ccsc1NC(=O)c1cn(C2CNC2)nn1. The zero-order valence-electron chi connectivity index (χ0n) is 10.4. The maximum atomic E-state index is 12.0. The number of hydrogen-bond acceptors (Lipinski definition) is 6. The van der Waals surface area contributed by atoms with E-state index in [2.05, 4.69) is 20.9 Å². The van der Waals surface area contributed by atoms with Gasteiger partial charge in [-0.3, -0.25) is 9.59 Å². The van der Waals surface area contributed by atoms with Gasteiger partial charge in [-0.1, -0.05) is 5.21 Å². The molecule has 1 aliphatic rings. The molecule has 0 aliphatic carbocycles. The maximum Gasteiger partial charge on any atom is 0.278 e. The molecule has 2 aromatic heterocycles. The highest BCUT2D eigenvalue weighted by Crippen LogP contribution is 2.23. The summed E-state index contributed by atoms with van der Waals surface area (Å²) in [6, 6.07) is 1.81. The van der Waals surface area contributed by atoms with Crippen molar-refractivity contribution in [3.63, 3.8) is 0 Å². The standard InChI is InChI=1S/C11H12N6O2S/c12-9(18)7-1-2-20-11(7)14-10(19)8-5-17(16-15-8)6-3-13-4-6/h1-2,5-6,13H,3-4H2,(H2,12,18)(H,14,19). The molecule has 1 fully saturated rings. The Kier molecular flexibility index (Phi) is 3.20. The molecule has 1 saturated heterocycles. The lowest BCUT2D eigenvalue weighted by Gasteiger charge is -2.26. The molecule has 1 aliphatic heterocycles. The highest BCUT2D eigenvalue weighted by molar-refractivity contribution is 7.14. The largest absolute Gasteiger partial charge is 0.366 e. The first-order valence-corrected chi connectivity index (χ1v) is 6.84. The molecular formula is C11H12N6O2S. The number of thiophene rings is 1. The Bertz CT molecular complexity index is 659. The van der Waals surface area contributed by atoms with Crippen LogP contribution in [0.5, 0.6) is 0 Å². The van der Waals surface area contributed by atoms with E-state index in [1.807, 2.05) is 0 Å². The number of anilines is 1. The summed E-state index contributed by atoms with van der Waals surface area (Å²) in [5.41, 5.74) is 5.72. The quantitative estimate of drug-likeness (QED) is 0.724. The van der Waals surface area contributed by atoms with Crippen LogP contribution >= 0.6 is 11.3 Å². The molecule has 20 heavy (non-hydrogen) atoms. The van der Waals surface area contributed by atoms with Gasteiger partial charge in [0.15, 0.2) is 5.69 Å². The van der Waals surface area contributed by atoms with E-state index in [4.69, 9.17) is 5.73 Å². The molecular weight excluding hydrogens is 280 g/mol. The van der Waals surface area contributed by atoms with E-state index in [1.165, 1.54) is 11.3 Å². The van der Waals surface area contributed by atoms with Crippen molar-refractivity contribution in [1.29, 1.82) is 0 Å². The Balaban J connectivity index is 1.74. The number of carbonyl (C=O) groups excluding carboxylic acids is 2. The van der Waals surface area contributed by atoms with E-state index in [0.717, 1.165) is 13.1 Å². The van der Waals surface area contributed by atoms with E-state index in [-0.39, 0.29) is 11.7 Å². The smallest absolute Gasteiger partial charge is 0.278 e. The van der Waals surface area contributed by atoms with Gasteiger partial charge in [0, 0.05) is 13.1 Å². The minimum Gasteiger partial charge on any atom is -0.366 e. The van der Waals surface area contributed by atoms with Gasteiger partial charge >= 0.3 is 0 Å². The number of nitrogens with zero attached hydrogens (tertiary/aromatic N) is 3. The number of aromatic nitrogens is 3. The second-order valence-corrected chi connectivity index (χ2v) is 5.29. The summed E-state index contributed by atoms with van der Waals surface area (Å²) >= 11 is 1.23. The molecule has 2 amide bonds. The van der Waals surface area contributed by atoms with Crippen molar-refractivity contribution in [3.05, 3.63) is 28.9 Å². The van der Waals surface area contributed by atoms with Gasteiger partial charge in [0.1, 0.15) is 5.00 Å². The van der Waals surface area contributed by atoms with Gasteiger partial charge in [0.05, 0.1) is 17.8 Å². The molecule has 0 unspecified atom stereocenters. The molecule has 3 rings (SSSR count). The lowest BCUT2D eigenvalue weighted by Crippen LogP contribution is -2.43. The fourth-order valence-corrected chi connectivity index (χ4v) is 2.57. The van der Waals surface area contributed by atoms with Crippen molar-refractivity contribution in [2.24, 2.45) is 5.73 Å². The first kappa shape index (κ1) is 12.8. The van der Waals surface area contributed by atoms with Gasteiger partial charge in [0.2, 0.25) is 0 Å². The van der Waals surface area contributed by atoms with Crippen LogP contribution in [-0.2, 0) is 0 Å². The lowest BCUT2D eigenvalue weighted by atomic mass is 10.2. The van der Waals surface area contributed by atoms with Crippen LogP contribution < -0.4 is 16.4 Å². The van der Waals surface area contributed by atoms with Crippen LogP contribution in [0, 0.1) is 0 Å². The fourth-order valence-electron chi connectivity index (χ4n) is 1.79. The molecule has 0 saturated carbocycles. The molecule has 9 heteroatoms. The second-order valence-electron chi connectivity index (χ2n) is 4.38. The van der Waals surface area contributed by atoms with Gasteiger partial charge < -0.3 is 16.4 Å². The Morgan fingerprint density at radius 1 is 1.50 bits per heavy atom. The summed E-state index contributed by atoms with van der Waals surface area (Å²) in [7, 11) is 0. The molecule has 0 radical (unpaired) electrons. The molecule has 0 aromatic carbocycles. The normalized spacial score (nSPS) is 14.8. The van der Waals surface area contributed by atoms with Crippen LogP contribution in [0.2, 0.25) is 0 Å². The average molecular weight is 292 g/mol. The van der Waals surface area contributed by atoms with Gasteiger partial charge in [-0.05, 0) is 11.4 Å². The van der Waals surface area contributed by atoms with E-state index in [1.54, 1.807) is 22.3 Å². The third-order valence-corrected chi connectivity index (χ3v) is 3.86.